The number of sulfonamides is 1. The lowest BCUT2D eigenvalue weighted by atomic mass is 10.0. The number of nitrogens with zero attached hydrogens (tertiary/aromatic N) is 3. The zero-order valence-electron chi connectivity index (χ0n) is 24.0. The van der Waals surface area contributed by atoms with Gasteiger partial charge in [0.1, 0.15) is 23.0 Å². The van der Waals surface area contributed by atoms with Gasteiger partial charge in [-0.1, -0.05) is 6.07 Å². The molecule has 45 heavy (non-hydrogen) atoms. The van der Waals surface area contributed by atoms with Gasteiger partial charge in [-0.2, -0.15) is 4.98 Å². The molecule has 0 bridgehead atoms. The minimum absolute atomic E-state index is 0.0754. The fourth-order valence-corrected chi connectivity index (χ4v) is 6.46. The van der Waals surface area contributed by atoms with Gasteiger partial charge in [0.15, 0.2) is 0 Å². The van der Waals surface area contributed by atoms with Crippen molar-refractivity contribution in [1.29, 1.82) is 0 Å². The topological polar surface area (TPSA) is 128 Å². The summed E-state index contributed by atoms with van der Waals surface area (Å²) < 4.78 is 66.1. The number of furan rings is 1. The number of carbonyl (C=O) groups excluding carboxylic acids is 1. The molecule has 13 heteroatoms. The van der Waals surface area contributed by atoms with Crippen molar-refractivity contribution in [3.05, 3.63) is 94.4 Å². The summed E-state index contributed by atoms with van der Waals surface area (Å²) in [6.45, 7) is 2.21. The number of hydrogen-bond acceptors (Lipinski definition) is 6. The van der Waals surface area contributed by atoms with E-state index in [1.807, 2.05) is 4.57 Å². The van der Waals surface area contributed by atoms with Crippen LogP contribution in [0.5, 0.6) is 0 Å². The van der Waals surface area contributed by atoms with E-state index >= 15 is 0 Å². The van der Waals surface area contributed by atoms with Gasteiger partial charge in [0.2, 0.25) is 10.0 Å². The minimum Gasteiger partial charge on any atom is -0.455 e. The number of anilines is 1. The van der Waals surface area contributed by atoms with Crippen molar-refractivity contribution in [3.63, 3.8) is 0 Å². The van der Waals surface area contributed by atoms with Crippen molar-refractivity contribution in [2.75, 3.05) is 17.5 Å². The predicted octanol–water partition coefficient (Wildman–Crippen LogP) is 5.36. The van der Waals surface area contributed by atoms with Crippen LogP contribution in [0, 0.1) is 11.6 Å². The molecule has 0 fully saturated rings. The van der Waals surface area contributed by atoms with Crippen LogP contribution in [0.4, 0.5) is 14.5 Å². The molecule has 0 saturated heterocycles. The van der Waals surface area contributed by atoms with Crippen LogP contribution in [0.2, 0.25) is 0 Å². The van der Waals surface area contributed by atoms with Crippen LogP contribution in [-0.2, 0) is 23.1 Å². The Morgan fingerprint density at radius 2 is 1.71 bits per heavy atom. The van der Waals surface area contributed by atoms with Crippen LogP contribution in [0.15, 0.2) is 75.9 Å². The first-order valence-corrected chi connectivity index (χ1v) is 15.7. The largest absolute Gasteiger partial charge is 0.455 e. The van der Waals surface area contributed by atoms with Crippen molar-refractivity contribution in [2.45, 2.75) is 20.0 Å². The monoisotopic (exact) mass is 629 g/mol. The van der Waals surface area contributed by atoms with E-state index in [2.05, 4.69) is 15.0 Å². The maximum Gasteiger partial charge on any atom is 0.348 e. The average molecular weight is 630 g/mol. The van der Waals surface area contributed by atoms with Gasteiger partial charge in [0.25, 0.3) is 5.91 Å². The van der Waals surface area contributed by atoms with Crippen molar-refractivity contribution >= 4 is 43.5 Å². The quantitative estimate of drug-likeness (QED) is 0.255. The SMILES string of the molecule is CCS(=O)(=O)Nc1cc2oc(-c3ccc(F)cc3)c(C(=O)NC)c2cc1-c1cc2n(c(=O)n1)CCn1c-2cc2c(F)cccc21. The number of hydrogen-bond donors (Lipinski definition) is 2. The highest BCUT2D eigenvalue weighted by molar-refractivity contribution is 7.92. The molecule has 0 unspecified atom stereocenters. The molecule has 10 nitrogen and oxygen atoms in total. The van der Waals surface area contributed by atoms with Gasteiger partial charge in [-0.3, -0.25) is 14.1 Å². The lowest BCUT2D eigenvalue weighted by Gasteiger charge is -2.22. The van der Waals surface area contributed by atoms with Crippen LogP contribution in [0.25, 0.3) is 55.8 Å². The molecule has 0 atom stereocenters. The molecule has 0 spiro atoms. The first-order valence-electron chi connectivity index (χ1n) is 14.1. The van der Waals surface area contributed by atoms with Crippen LogP contribution in [0.1, 0.15) is 17.3 Å². The van der Waals surface area contributed by atoms with Gasteiger partial charge in [0, 0.05) is 48.1 Å². The third-order valence-electron chi connectivity index (χ3n) is 8.02. The summed E-state index contributed by atoms with van der Waals surface area (Å²) in [6.07, 6.45) is 0. The van der Waals surface area contributed by atoms with E-state index < -0.39 is 33.3 Å². The number of fused-ring (bicyclic) bond motifs is 6. The first kappa shape index (κ1) is 28.5. The molecule has 1 aliphatic heterocycles. The summed E-state index contributed by atoms with van der Waals surface area (Å²) in [5.41, 5.74) is 2.35. The molecule has 1 aliphatic rings. The van der Waals surface area contributed by atoms with Crippen molar-refractivity contribution < 1.29 is 26.4 Å². The number of aryl methyl sites for hydroxylation is 1. The van der Waals surface area contributed by atoms with E-state index in [0.29, 0.717) is 46.3 Å². The number of benzene rings is 3. The van der Waals surface area contributed by atoms with E-state index in [1.54, 1.807) is 30.3 Å². The second kappa shape index (κ2) is 10.4. The predicted molar refractivity (Wildman–Crippen MR) is 166 cm³/mol. The minimum atomic E-state index is -3.82. The number of amides is 1. The summed E-state index contributed by atoms with van der Waals surface area (Å²) >= 11 is 0. The van der Waals surface area contributed by atoms with Crippen molar-refractivity contribution in [3.8, 4) is 34.0 Å². The Balaban J connectivity index is 1.50. The highest BCUT2D eigenvalue weighted by Crippen LogP contribution is 2.41. The normalized spacial score (nSPS) is 12.7. The second-order valence-electron chi connectivity index (χ2n) is 10.6. The molecule has 0 saturated carbocycles. The fourth-order valence-electron chi connectivity index (χ4n) is 5.81. The Kier molecular flexibility index (Phi) is 6.58. The summed E-state index contributed by atoms with van der Waals surface area (Å²) in [7, 11) is -2.37. The molecule has 7 rings (SSSR count). The fraction of sp³-hybridized carbons (Fsp3) is 0.156. The Bertz CT molecular complexity index is 2360. The molecule has 3 aromatic heterocycles. The first-order chi connectivity index (χ1) is 21.6. The van der Waals surface area contributed by atoms with E-state index in [9.17, 15) is 26.8 Å². The molecule has 228 valence electrons. The van der Waals surface area contributed by atoms with Gasteiger partial charge < -0.3 is 14.3 Å². The lowest BCUT2D eigenvalue weighted by Crippen LogP contribution is -2.30. The number of rotatable bonds is 6. The Hall–Kier alpha value is -5.30. The van der Waals surface area contributed by atoms with E-state index in [0.717, 1.165) is 0 Å². The standard InChI is InChI=1S/C32H25F2N5O5S/c1-3-45(42,43)37-24-16-28-21(29(31(40)35-2)30(44-28)17-7-9-18(33)10-8-17)13-20(24)23-15-27-26-14-19-22(34)5-4-6-25(19)38(26)11-12-39(27)32(41)36-23/h4-10,13-16,37H,3,11-12H2,1-2H3,(H,35,40). The molecular formula is C32H25F2N5O5S. The number of aromatic nitrogens is 3. The van der Waals surface area contributed by atoms with Gasteiger partial charge in [-0.05, 0) is 61.5 Å². The Morgan fingerprint density at radius 3 is 2.44 bits per heavy atom. The van der Waals surface area contributed by atoms with Gasteiger partial charge in [0.05, 0.1) is 39.6 Å². The van der Waals surface area contributed by atoms with Gasteiger partial charge in [-0.25, -0.2) is 22.0 Å². The molecule has 3 aromatic carbocycles. The highest BCUT2D eigenvalue weighted by atomic mass is 32.2. The lowest BCUT2D eigenvalue weighted by molar-refractivity contribution is 0.0964. The number of halogens is 2. The van der Waals surface area contributed by atoms with E-state index in [-0.39, 0.29) is 39.6 Å². The molecule has 0 aliphatic carbocycles. The smallest absolute Gasteiger partial charge is 0.348 e. The molecule has 0 radical (unpaired) electrons. The summed E-state index contributed by atoms with van der Waals surface area (Å²) in [6, 6.07) is 16.5. The van der Waals surface area contributed by atoms with Gasteiger partial charge in [-0.15, -0.1) is 0 Å². The molecule has 2 N–H and O–H groups in total. The van der Waals surface area contributed by atoms with E-state index in [4.69, 9.17) is 4.42 Å². The Morgan fingerprint density at radius 1 is 0.978 bits per heavy atom. The van der Waals surface area contributed by atoms with Crippen LogP contribution >= 0.6 is 0 Å². The van der Waals surface area contributed by atoms with Crippen LogP contribution in [-0.4, -0.2) is 41.2 Å². The number of nitrogens with one attached hydrogen (secondary N) is 2. The molecule has 1 amide bonds. The zero-order valence-corrected chi connectivity index (χ0v) is 24.8. The third kappa shape index (κ3) is 4.67. The number of carbonyl (C=O) groups is 1. The summed E-state index contributed by atoms with van der Waals surface area (Å²) in [5, 5.41) is 3.32. The molecule has 6 aromatic rings. The third-order valence-corrected chi connectivity index (χ3v) is 9.31. The average Bonchev–Trinajstić information content (AvgIpc) is 3.60. The maximum absolute atomic E-state index is 14.7. The van der Waals surface area contributed by atoms with Crippen LogP contribution < -0.4 is 15.7 Å². The summed E-state index contributed by atoms with van der Waals surface area (Å²) in [4.78, 5) is 30.9. The second-order valence-corrected chi connectivity index (χ2v) is 12.6. The molecular weight excluding hydrogens is 604 g/mol. The maximum atomic E-state index is 14.7. The summed E-state index contributed by atoms with van der Waals surface area (Å²) in [5.74, 6) is -1.44. The zero-order chi connectivity index (χ0) is 31.6. The Labute approximate surface area is 255 Å². The van der Waals surface area contributed by atoms with Crippen molar-refractivity contribution in [2.24, 2.45) is 0 Å². The van der Waals surface area contributed by atoms with Gasteiger partial charge >= 0.3 is 5.69 Å². The highest BCUT2D eigenvalue weighted by Gasteiger charge is 2.27. The molecule has 4 heterocycles. The van der Waals surface area contributed by atoms with Crippen molar-refractivity contribution in [1.82, 2.24) is 19.4 Å². The van der Waals surface area contributed by atoms with E-state index in [1.165, 1.54) is 54.9 Å². The van der Waals surface area contributed by atoms with Crippen LogP contribution in [0.3, 0.4) is 0 Å².